The predicted octanol–water partition coefficient (Wildman–Crippen LogP) is 4.19. The van der Waals surface area contributed by atoms with Gasteiger partial charge in [0.1, 0.15) is 0 Å². The van der Waals surface area contributed by atoms with E-state index < -0.39 is 0 Å². The number of non-ortho nitro benzene ring substituents is 1. The van der Waals surface area contributed by atoms with E-state index in [0.717, 1.165) is 22.1 Å². The first-order chi connectivity index (χ1) is 7.85. The lowest BCUT2D eigenvalue weighted by molar-refractivity contribution is -0.384. The molecule has 0 amide bonds. The molecule has 1 rings (SSSR count). The fraction of sp³-hybridized carbons (Fsp3) is 0.500. The number of nitrogens with one attached hydrogen (secondary N) is 1. The van der Waals surface area contributed by atoms with Gasteiger partial charge in [-0.25, -0.2) is 0 Å². The minimum absolute atomic E-state index is 0.00477. The summed E-state index contributed by atoms with van der Waals surface area (Å²) < 4.78 is 0.876. The molecule has 0 heterocycles. The van der Waals surface area contributed by atoms with Crippen LogP contribution in [0.5, 0.6) is 0 Å². The van der Waals surface area contributed by atoms with Crippen LogP contribution in [0.2, 0.25) is 0 Å². The molecule has 0 spiro atoms. The van der Waals surface area contributed by atoms with E-state index in [0.29, 0.717) is 0 Å². The van der Waals surface area contributed by atoms with Gasteiger partial charge in [-0.3, -0.25) is 10.1 Å². The Bertz CT molecular complexity index is 419. The number of benzene rings is 1. The highest BCUT2D eigenvalue weighted by molar-refractivity contribution is 14.1. The zero-order valence-electron chi connectivity index (χ0n) is 10.3. The van der Waals surface area contributed by atoms with Gasteiger partial charge in [-0.1, -0.05) is 13.3 Å². The number of nitro benzene ring substituents is 1. The molecule has 94 valence electrons. The molecule has 17 heavy (non-hydrogen) atoms. The maximum Gasteiger partial charge on any atom is 0.270 e. The molecule has 4 nitrogen and oxygen atoms in total. The number of halogens is 1. The smallest absolute Gasteiger partial charge is 0.270 e. The van der Waals surface area contributed by atoms with Gasteiger partial charge in [0.25, 0.3) is 5.69 Å². The molecule has 0 radical (unpaired) electrons. The molecule has 0 saturated carbocycles. The largest absolute Gasteiger partial charge is 0.379 e. The number of nitrogens with zero attached hydrogens (tertiary/aromatic N) is 1. The second kappa shape index (κ2) is 5.66. The van der Waals surface area contributed by atoms with E-state index in [4.69, 9.17) is 0 Å². The van der Waals surface area contributed by atoms with Gasteiger partial charge in [0.05, 0.1) is 4.92 Å². The van der Waals surface area contributed by atoms with Gasteiger partial charge in [-0.05, 0) is 48.9 Å². The third kappa shape index (κ3) is 4.14. The van der Waals surface area contributed by atoms with Crippen LogP contribution < -0.4 is 5.32 Å². The lowest BCUT2D eigenvalue weighted by Crippen LogP contribution is -2.30. The highest BCUT2D eigenvalue weighted by atomic mass is 127. The summed E-state index contributed by atoms with van der Waals surface area (Å²) in [4.78, 5) is 10.3. The summed E-state index contributed by atoms with van der Waals surface area (Å²) in [5, 5.41) is 14.1. The molecule has 0 atom stereocenters. The molecule has 5 heteroatoms. The lowest BCUT2D eigenvalue weighted by atomic mass is 9.98. The van der Waals surface area contributed by atoms with Crippen molar-refractivity contribution < 1.29 is 4.92 Å². The third-order valence-corrected chi connectivity index (χ3v) is 3.40. The molecule has 0 aliphatic carbocycles. The number of nitro groups is 1. The molecule has 1 aromatic carbocycles. The second-order valence-electron chi connectivity index (χ2n) is 4.68. The Morgan fingerprint density at radius 3 is 2.59 bits per heavy atom. The minimum atomic E-state index is -0.372. The fourth-order valence-electron chi connectivity index (χ4n) is 1.77. The number of hydrogen-bond donors (Lipinski definition) is 1. The van der Waals surface area contributed by atoms with E-state index in [9.17, 15) is 10.1 Å². The van der Waals surface area contributed by atoms with E-state index in [1.54, 1.807) is 12.1 Å². The van der Waals surface area contributed by atoms with Crippen molar-refractivity contribution in [1.82, 2.24) is 0 Å². The highest BCUT2D eigenvalue weighted by Gasteiger charge is 2.18. The summed E-state index contributed by atoms with van der Waals surface area (Å²) >= 11 is 2.12. The van der Waals surface area contributed by atoms with E-state index >= 15 is 0 Å². The van der Waals surface area contributed by atoms with Crippen LogP contribution in [0.4, 0.5) is 11.4 Å². The molecule has 0 aliphatic heterocycles. The predicted molar refractivity (Wildman–Crippen MR) is 78.4 cm³/mol. The lowest BCUT2D eigenvalue weighted by Gasteiger charge is -2.27. The van der Waals surface area contributed by atoms with Crippen LogP contribution in [0.3, 0.4) is 0 Å². The third-order valence-electron chi connectivity index (χ3n) is 2.51. The maximum atomic E-state index is 10.6. The molecular weight excluding hydrogens is 331 g/mol. The van der Waals surface area contributed by atoms with Crippen molar-refractivity contribution in [3.63, 3.8) is 0 Å². The normalized spacial score (nSPS) is 11.3. The second-order valence-corrected chi connectivity index (χ2v) is 5.84. The molecule has 0 aromatic heterocycles. The fourth-order valence-corrected chi connectivity index (χ4v) is 2.40. The first kappa shape index (κ1) is 14.2. The number of rotatable bonds is 5. The quantitative estimate of drug-likeness (QED) is 0.493. The Morgan fingerprint density at radius 2 is 2.12 bits per heavy atom. The van der Waals surface area contributed by atoms with Crippen LogP contribution in [0, 0.1) is 13.7 Å². The molecule has 1 N–H and O–H groups in total. The van der Waals surface area contributed by atoms with E-state index in [-0.39, 0.29) is 16.1 Å². The van der Waals surface area contributed by atoms with Crippen molar-refractivity contribution in [2.75, 3.05) is 5.32 Å². The van der Waals surface area contributed by atoms with Crippen molar-refractivity contribution in [2.24, 2.45) is 0 Å². The Hall–Kier alpha value is -0.850. The Labute approximate surface area is 115 Å². The number of hydrogen-bond acceptors (Lipinski definition) is 3. The summed E-state index contributed by atoms with van der Waals surface area (Å²) in [6.07, 6.45) is 2.16. The molecule has 1 aromatic rings. The van der Waals surface area contributed by atoms with Gasteiger partial charge < -0.3 is 5.32 Å². The molecule has 0 bridgehead atoms. The van der Waals surface area contributed by atoms with Crippen LogP contribution in [0.25, 0.3) is 0 Å². The maximum absolute atomic E-state index is 10.6. The first-order valence-electron chi connectivity index (χ1n) is 5.58. The van der Waals surface area contributed by atoms with E-state index in [2.05, 4.69) is 48.7 Å². The van der Waals surface area contributed by atoms with Gasteiger partial charge >= 0.3 is 0 Å². The van der Waals surface area contributed by atoms with Gasteiger partial charge in [-0.2, -0.15) is 0 Å². The van der Waals surface area contributed by atoms with Crippen LogP contribution in [0.1, 0.15) is 33.6 Å². The van der Waals surface area contributed by atoms with Crippen molar-refractivity contribution in [3.05, 3.63) is 31.9 Å². The van der Waals surface area contributed by atoms with Gasteiger partial charge in [-0.15, -0.1) is 0 Å². The molecule has 0 unspecified atom stereocenters. The molecular formula is C12H17IN2O2. The molecule has 0 aliphatic rings. The van der Waals surface area contributed by atoms with Gasteiger partial charge in [0, 0.05) is 26.9 Å². The Balaban J connectivity index is 2.90. The van der Waals surface area contributed by atoms with E-state index in [1.165, 1.54) is 6.07 Å². The zero-order chi connectivity index (χ0) is 13.1. The van der Waals surface area contributed by atoms with Crippen LogP contribution in [-0.4, -0.2) is 10.5 Å². The first-order valence-corrected chi connectivity index (χ1v) is 6.66. The SMILES string of the molecule is CCCC(C)(C)Nc1ccc([N+](=O)[O-])cc1I. The summed E-state index contributed by atoms with van der Waals surface area (Å²) in [5.74, 6) is 0. The molecule has 0 saturated heterocycles. The standard InChI is InChI=1S/C12H17IN2O2/c1-4-7-12(2,3)14-11-6-5-9(15(16)17)8-10(11)13/h5-6,8,14H,4,7H2,1-3H3. The van der Waals surface area contributed by atoms with Gasteiger partial charge in [0.2, 0.25) is 0 Å². The van der Waals surface area contributed by atoms with Crippen molar-refractivity contribution in [1.29, 1.82) is 0 Å². The topological polar surface area (TPSA) is 55.2 Å². The minimum Gasteiger partial charge on any atom is -0.379 e. The average molecular weight is 348 g/mol. The van der Waals surface area contributed by atoms with Crippen LogP contribution in [0.15, 0.2) is 18.2 Å². The Kier molecular flexibility index (Phi) is 4.73. The van der Waals surface area contributed by atoms with Crippen LogP contribution in [-0.2, 0) is 0 Å². The summed E-state index contributed by atoms with van der Waals surface area (Å²) in [5.41, 5.74) is 1.09. The summed E-state index contributed by atoms with van der Waals surface area (Å²) in [7, 11) is 0. The van der Waals surface area contributed by atoms with Gasteiger partial charge in [0.15, 0.2) is 0 Å². The summed E-state index contributed by atoms with van der Waals surface area (Å²) in [6.45, 7) is 6.41. The van der Waals surface area contributed by atoms with Crippen molar-refractivity contribution >= 4 is 34.0 Å². The number of anilines is 1. The molecule has 0 fully saturated rings. The monoisotopic (exact) mass is 348 g/mol. The summed E-state index contributed by atoms with van der Waals surface area (Å²) in [6, 6.07) is 4.90. The van der Waals surface area contributed by atoms with Crippen LogP contribution >= 0.6 is 22.6 Å². The van der Waals surface area contributed by atoms with Crippen molar-refractivity contribution in [2.45, 2.75) is 39.2 Å². The van der Waals surface area contributed by atoms with Crippen molar-refractivity contribution in [3.8, 4) is 0 Å². The Morgan fingerprint density at radius 1 is 1.47 bits per heavy atom. The zero-order valence-corrected chi connectivity index (χ0v) is 12.4. The average Bonchev–Trinajstić information content (AvgIpc) is 2.20. The highest BCUT2D eigenvalue weighted by Crippen LogP contribution is 2.27. The van der Waals surface area contributed by atoms with E-state index in [1.807, 2.05) is 0 Å².